The maximum absolute atomic E-state index is 12.8. The number of carbonyl (C=O) groups is 1. The molecule has 4 rings (SSSR count). The number of hydrogen-bond acceptors (Lipinski definition) is 4. The van der Waals surface area contributed by atoms with E-state index in [-0.39, 0.29) is 23.3 Å². The first-order valence-electron chi connectivity index (χ1n) is 8.62. The number of thioether (sulfide) groups is 1. The molecule has 26 heavy (non-hydrogen) atoms. The predicted molar refractivity (Wildman–Crippen MR) is 105 cm³/mol. The number of nitrogens with one attached hydrogen (secondary N) is 1. The Labute approximate surface area is 155 Å². The minimum absolute atomic E-state index is 0.0142. The largest absolute Gasteiger partial charge is 0.325 e. The second-order valence-electron chi connectivity index (χ2n) is 6.52. The molecule has 0 aliphatic heterocycles. The minimum Gasteiger partial charge on any atom is -0.325 e. The molecule has 0 spiro atoms. The van der Waals surface area contributed by atoms with Gasteiger partial charge in [-0.3, -0.25) is 14.2 Å². The lowest BCUT2D eigenvalue weighted by atomic mass is 10.2. The summed E-state index contributed by atoms with van der Waals surface area (Å²) in [6, 6.07) is 15.3. The van der Waals surface area contributed by atoms with Crippen molar-refractivity contribution < 1.29 is 4.79 Å². The lowest BCUT2D eigenvalue weighted by Crippen LogP contribution is -2.23. The number of amides is 1. The first-order valence-corrected chi connectivity index (χ1v) is 9.61. The highest BCUT2D eigenvalue weighted by Crippen LogP contribution is 2.36. The SMILES string of the molecule is Cc1cccc(NC(=O)CSc2nc3ccccc3c(=O)n2C2CC2)c1. The number of hydrogen-bond donors (Lipinski definition) is 1. The molecular weight excluding hydrogens is 346 g/mol. The maximum Gasteiger partial charge on any atom is 0.262 e. The van der Waals surface area contributed by atoms with Crippen LogP contribution < -0.4 is 10.9 Å². The molecule has 6 heteroatoms. The average Bonchev–Trinajstić information content (AvgIpc) is 3.45. The molecule has 0 radical (unpaired) electrons. The van der Waals surface area contributed by atoms with Gasteiger partial charge in [-0.15, -0.1) is 0 Å². The second kappa shape index (κ2) is 6.96. The van der Waals surface area contributed by atoms with Gasteiger partial charge in [0.1, 0.15) is 0 Å². The molecule has 0 atom stereocenters. The molecule has 3 aromatic rings. The molecule has 1 aromatic heterocycles. The van der Waals surface area contributed by atoms with Gasteiger partial charge < -0.3 is 5.32 Å². The second-order valence-corrected chi connectivity index (χ2v) is 7.47. The van der Waals surface area contributed by atoms with E-state index in [0.717, 1.165) is 24.1 Å². The quantitative estimate of drug-likeness (QED) is 0.552. The number of carbonyl (C=O) groups excluding carboxylic acids is 1. The molecule has 0 saturated heterocycles. The number of fused-ring (bicyclic) bond motifs is 1. The Morgan fingerprint density at radius 1 is 1.23 bits per heavy atom. The monoisotopic (exact) mass is 365 g/mol. The fourth-order valence-electron chi connectivity index (χ4n) is 2.93. The summed E-state index contributed by atoms with van der Waals surface area (Å²) in [5, 5.41) is 4.15. The van der Waals surface area contributed by atoms with Crippen LogP contribution in [-0.4, -0.2) is 21.2 Å². The van der Waals surface area contributed by atoms with Crippen molar-refractivity contribution in [3.05, 3.63) is 64.4 Å². The number of aromatic nitrogens is 2. The third-order valence-electron chi connectivity index (χ3n) is 4.32. The minimum atomic E-state index is -0.106. The number of benzene rings is 2. The Morgan fingerprint density at radius 2 is 2.04 bits per heavy atom. The van der Waals surface area contributed by atoms with E-state index in [0.29, 0.717) is 16.1 Å². The van der Waals surface area contributed by atoms with Gasteiger partial charge in [-0.2, -0.15) is 0 Å². The first kappa shape index (κ1) is 16.8. The standard InChI is InChI=1S/C20H19N3O2S/c1-13-5-4-6-14(11-13)21-18(24)12-26-20-22-17-8-3-2-7-16(17)19(25)23(20)15-9-10-15/h2-8,11,15H,9-10,12H2,1H3,(H,21,24). The molecule has 1 amide bonds. The summed E-state index contributed by atoms with van der Waals surface area (Å²) in [5.41, 5.74) is 2.53. The van der Waals surface area contributed by atoms with Crippen LogP contribution in [0.1, 0.15) is 24.4 Å². The number of rotatable bonds is 5. The van der Waals surface area contributed by atoms with Crippen molar-refractivity contribution in [3.63, 3.8) is 0 Å². The highest BCUT2D eigenvalue weighted by Gasteiger charge is 2.28. The van der Waals surface area contributed by atoms with Crippen LogP contribution in [0.2, 0.25) is 0 Å². The van der Waals surface area contributed by atoms with E-state index in [1.165, 1.54) is 11.8 Å². The fourth-order valence-corrected chi connectivity index (χ4v) is 3.80. The zero-order valence-electron chi connectivity index (χ0n) is 14.4. The molecule has 5 nitrogen and oxygen atoms in total. The fraction of sp³-hybridized carbons (Fsp3) is 0.250. The van der Waals surface area contributed by atoms with E-state index in [4.69, 9.17) is 0 Å². The number of nitrogens with zero attached hydrogens (tertiary/aromatic N) is 2. The lowest BCUT2D eigenvalue weighted by Gasteiger charge is -2.12. The van der Waals surface area contributed by atoms with Crippen molar-refractivity contribution in [2.24, 2.45) is 0 Å². The van der Waals surface area contributed by atoms with Crippen LogP contribution in [0.25, 0.3) is 10.9 Å². The normalized spacial score (nSPS) is 13.7. The molecule has 0 bridgehead atoms. The van der Waals surface area contributed by atoms with Gasteiger partial charge in [0.05, 0.1) is 16.7 Å². The van der Waals surface area contributed by atoms with Crippen LogP contribution in [0, 0.1) is 6.92 Å². The van der Waals surface area contributed by atoms with Crippen molar-refractivity contribution in [2.75, 3.05) is 11.1 Å². The molecule has 1 aliphatic rings. The molecule has 1 fully saturated rings. The number of aryl methyl sites for hydroxylation is 1. The van der Waals surface area contributed by atoms with E-state index in [9.17, 15) is 9.59 Å². The van der Waals surface area contributed by atoms with Gasteiger partial charge in [0.25, 0.3) is 5.56 Å². The van der Waals surface area contributed by atoms with Crippen molar-refractivity contribution in [2.45, 2.75) is 31.0 Å². The Hall–Kier alpha value is -2.60. The third-order valence-corrected chi connectivity index (χ3v) is 5.27. The smallest absolute Gasteiger partial charge is 0.262 e. The summed E-state index contributed by atoms with van der Waals surface area (Å²) in [6.45, 7) is 1.98. The van der Waals surface area contributed by atoms with E-state index < -0.39 is 0 Å². The molecule has 1 N–H and O–H groups in total. The van der Waals surface area contributed by atoms with E-state index in [1.54, 1.807) is 4.57 Å². The van der Waals surface area contributed by atoms with Gasteiger partial charge in [-0.1, -0.05) is 36.0 Å². The van der Waals surface area contributed by atoms with E-state index >= 15 is 0 Å². The number of anilines is 1. The zero-order valence-corrected chi connectivity index (χ0v) is 15.3. The zero-order chi connectivity index (χ0) is 18.1. The van der Waals surface area contributed by atoms with E-state index in [2.05, 4.69) is 10.3 Å². The Kier molecular flexibility index (Phi) is 4.51. The first-order chi connectivity index (χ1) is 12.6. The van der Waals surface area contributed by atoms with Gasteiger partial charge in [-0.05, 0) is 49.6 Å². The Morgan fingerprint density at radius 3 is 2.81 bits per heavy atom. The summed E-state index contributed by atoms with van der Waals surface area (Å²) in [4.78, 5) is 29.7. The van der Waals surface area contributed by atoms with Gasteiger partial charge in [0.2, 0.25) is 5.91 Å². The van der Waals surface area contributed by atoms with Crippen LogP contribution in [0.4, 0.5) is 5.69 Å². The molecule has 1 heterocycles. The summed E-state index contributed by atoms with van der Waals surface area (Å²) < 4.78 is 1.76. The van der Waals surface area contributed by atoms with Crippen LogP contribution >= 0.6 is 11.8 Å². The molecule has 2 aromatic carbocycles. The van der Waals surface area contributed by atoms with Crippen molar-refractivity contribution in [1.29, 1.82) is 0 Å². The molecule has 132 valence electrons. The molecule has 0 unspecified atom stereocenters. The van der Waals surface area contributed by atoms with Crippen LogP contribution in [0.3, 0.4) is 0 Å². The van der Waals surface area contributed by atoms with Crippen LogP contribution in [-0.2, 0) is 4.79 Å². The summed E-state index contributed by atoms with van der Waals surface area (Å²) >= 11 is 1.32. The molecular formula is C20H19N3O2S. The lowest BCUT2D eigenvalue weighted by molar-refractivity contribution is -0.113. The molecule has 1 saturated carbocycles. The predicted octanol–water partition coefficient (Wildman–Crippen LogP) is 3.77. The summed E-state index contributed by atoms with van der Waals surface area (Å²) in [5.74, 6) is 0.108. The Balaban J connectivity index is 1.56. The summed E-state index contributed by atoms with van der Waals surface area (Å²) in [7, 11) is 0. The van der Waals surface area contributed by atoms with Gasteiger partial charge in [0, 0.05) is 11.7 Å². The van der Waals surface area contributed by atoms with Gasteiger partial charge >= 0.3 is 0 Å². The highest BCUT2D eigenvalue weighted by molar-refractivity contribution is 7.99. The maximum atomic E-state index is 12.8. The van der Waals surface area contributed by atoms with Crippen molar-refractivity contribution >= 4 is 34.3 Å². The Bertz CT molecular complexity index is 1040. The van der Waals surface area contributed by atoms with Gasteiger partial charge in [-0.25, -0.2) is 4.98 Å². The van der Waals surface area contributed by atoms with E-state index in [1.807, 2.05) is 55.5 Å². The average molecular weight is 365 g/mol. The summed E-state index contributed by atoms with van der Waals surface area (Å²) in [6.07, 6.45) is 1.98. The third kappa shape index (κ3) is 3.51. The van der Waals surface area contributed by atoms with Crippen LogP contribution in [0.5, 0.6) is 0 Å². The van der Waals surface area contributed by atoms with Crippen molar-refractivity contribution in [3.8, 4) is 0 Å². The van der Waals surface area contributed by atoms with Gasteiger partial charge in [0.15, 0.2) is 5.16 Å². The topological polar surface area (TPSA) is 64.0 Å². The van der Waals surface area contributed by atoms with Crippen LogP contribution in [0.15, 0.2) is 58.5 Å². The van der Waals surface area contributed by atoms with Crippen molar-refractivity contribution in [1.82, 2.24) is 9.55 Å². The highest BCUT2D eigenvalue weighted by atomic mass is 32.2. The number of para-hydroxylation sites is 1. The molecule has 1 aliphatic carbocycles.